The van der Waals surface area contributed by atoms with E-state index >= 15 is 0 Å². The maximum Gasteiger partial charge on any atom is 0.150 e. The Kier molecular flexibility index (Phi) is 3.06. The number of benzene rings is 2. The van der Waals surface area contributed by atoms with Gasteiger partial charge < -0.3 is 0 Å². The van der Waals surface area contributed by atoms with Gasteiger partial charge in [-0.15, -0.1) is 0 Å². The molecule has 2 aromatic rings. The Morgan fingerprint density at radius 1 is 0.941 bits per heavy atom. The summed E-state index contributed by atoms with van der Waals surface area (Å²) in [6.45, 7) is 0. The first kappa shape index (κ1) is 11.5. The van der Waals surface area contributed by atoms with Crippen LogP contribution in [0.15, 0.2) is 64.4 Å². The van der Waals surface area contributed by atoms with E-state index in [1.54, 1.807) is 48.5 Å². The van der Waals surface area contributed by atoms with Crippen molar-refractivity contribution in [2.75, 3.05) is 0 Å². The van der Waals surface area contributed by atoms with E-state index in [0.717, 1.165) is 0 Å². The van der Waals surface area contributed by atoms with E-state index < -0.39 is 9.73 Å². The van der Waals surface area contributed by atoms with Gasteiger partial charge in [-0.3, -0.25) is 4.79 Å². The molecule has 1 N–H and O–H groups in total. The van der Waals surface area contributed by atoms with Crippen LogP contribution in [-0.2, 0) is 9.73 Å². The van der Waals surface area contributed by atoms with E-state index in [-0.39, 0.29) is 0 Å². The van der Waals surface area contributed by atoms with Crippen LogP contribution in [0.5, 0.6) is 0 Å². The fraction of sp³-hybridized carbons (Fsp3) is 0. The Morgan fingerprint density at radius 2 is 1.59 bits per heavy atom. The van der Waals surface area contributed by atoms with Gasteiger partial charge in [-0.2, -0.15) is 0 Å². The van der Waals surface area contributed by atoms with Crippen LogP contribution >= 0.6 is 0 Å². The highest BCUT2D eigenvalue weighted by atomic mass is 32.2. The fourth-order valence-corrected chi connectivity index (χ4v) is 2.90. The maximum atomic E-state index is 12.4. The molecule has 0 aliphatic heterocycles. The van der Waals surface area contributed by atoms with Crippen LogP contribution in [0.3, 0.4) is 0 Å². The highest BCUT2D eigenvalue weighted by molar-refractivity contribution is 7.92. The average Bonchev–Trinajstić information content (AvgIpc) is 2.40. The second-order valence-electron chi connectivity index (χ2n) is 3.56. The van der Waals surface area contributed by atoms with Crippen LogP contribution in [0.4, 0.5) is 0 Å². The minimum atomic E-state index is -3.03. The van der Waals surface area contributed by atoms with Gasteiger partial charge in [-0.25, -0.2) is 8.99 Å². The topological polar surface area (TPSA) is 58.0 Å². The summed E-state index contributed by atoms with van der Waals surface area (Å²) in [5.74, 6) is 0. The van der Waals surface area contributed by atoms with Crippen LogP contribution in [0, 0.1) is 4.78 Å². The van der Waals surface area contributed by atoms with E-state index in [1.807, 2.05) is 0 Å². The Bertz CT molecular complexity index is 633. The summed E-state index contributed by atoms with van der Waals surface area (Å²) < 4.78 is 20.4. The third-order valence-electron chi connectivity index (χ3n) is 2.40. The Morgan fingerprint density at radius 3 is 2.24 bits per heavy atom. The summed E-state index contributed by atoms with van der Waals surface area (Å²) in [5.41, 5.74) is 0.429. The van der Waals surface area contributed by atoms with Crippen molar-refractivity contribution in [3.8, 4) is 0 Å². The predicted octanol–water partition coefficient (Wildman–Crippen LogP) is 2.96. The quantitative estimate of drug-likeness (QED) is 0.845. The zero-order valence-electron chi connectivity index (χ0n) is 9.00. The molecule has 0 saturated heterocycles. The zero-order valence-corrected chi connectivity index (χ0v) is 9.81. The van der Waals surface area contributed by atoms with Crippen molar-refractivity contribution in [1.82, 2.24) is 0 Å². The number of nitrogens with one attached hydrogen (secondary N) is 1. The summed E-state index contributed by atoms with van der Waals surface area (Å²) in [5, 5.41) is 0. The molecular weight excluding hydrogens is 234 g/mol. The SMILES string of the molecule is N=S(=O)(c1ccccc1)c1cccc(C=O)c1. The highest BCUT2D eigenvalue weighted by Crippen LogP contribution is 2.21. The summed E-state index contributed by atoms with van der Waals surface area (Å²) in [7, 11) is -3.03. The van der Waals surface area contributed by atoms with Crippen LogP contribution in [0.25, 0.3) is 0 Å². The Balaban J connectivity index is 2.56. The highest BCUT2D eigenvalue weighted by Gasteiger charge is 2.12. The molecule has 17 heavy (non-hydrogen) atoms. The fourth-order valence-electron chi connectivity index (χ4n) is 1.51. The summed E-state index contributed by atoms with van der Waals surface area (Å²) in [4.78, 5) is 11.5. The van der Waals surface area contributed by atoms with Crippen LogP contribution in [-0.4, -0.2) is 10.5 Å². The summed E-state index contributed by atoms with van der Waals surface area (Å²) >= 11 is 0. The van der Waals surface area contributed by atoms with Crippen molar-refractivity contribution in [1.29, 1.82) is 4.78 Å². The van der Waals surface area contributed by atoms with Gasteiger partial charge in [0.15, 0.2) is 0 Å². The number of rotatable bonds is 3. The first-order valence-corrected chi connectivity index (χ1v) is 6.59. The molecule has 0 amide bonds. The smallest absolute Gasteiger partial charge is 0.150 e. The number of hydrogen-bond donors (Lipinski definition) is 1. The van der Waals surface area contributed by atoms with Gasteiger partial charge in [0, 0.05) is 5.56 Å². The lowest BCUT2D eigenvalue weighted by atomic mass is 10.2. The van der Waals surface area contributed by atoms with Gasteiger partial charge in [0.05, 0.1) is 9.79 Å². The minimum Gasteiger partial charge on any atom is -0.298 e. The largest absolute Gasteiger partial charge is 0.298 e. The number of hydrogen-bond acceptors (Lipinski definition) is 3. The lowest BCUT2D eigenvalue weighted by Gasteiger charge is -2.07. The monoisotopic (exact) mass is 245 g/mol. The van der Waals surface area contributed by atoms with Gasteiger partial charge in [0.25, 0.3) is 0 Å². The van der Waals surface area contributed by atoms with Crippen LogP contribution in [0.2, 0.25) is 0 Å². The van der Waals surface area contributed by atoms with Gasteiger partial charge in [0.1, 0.15) is 16.0 Å². The Labute approximate surface area is 100 Å². The van der Waals surface area contributed by atoms with Crippen molar-refractivity contribution >= 4 is 16.0 Å². The van der Waals surface area contributed by atoms with E-state index in [4.69, 9.17) is 4.78 Å². The molecule has 2 rings (SSSR count). The van der Waals surface area contributed by atoms with E-state index in [2.05, 4.69) is 0 Å². The molecule has 0 aliphatic carbocycles. The normalized spacial score (nSPS) is 13.9. The molecule has 0 fully saturated rings. The summed E-state index contributed by atoms with van der Waals surface area (Å²) in [6.07, 6.45) is 0.685. The van der Waals surface area contributed by atoms with Gasteiger partial charge in [0.2, 0.25) is 0 Å². The minimum absolute atomic E-state index is 0.355. The maximum absolute atomic E-state index is 12.4. The first-order chi connectivity index (χ1) is 8.14. The molecule has 1 atom stereocenters. The van der Waals surface area contributed by atoms with Crippen LogP contribution < -0.4 is 0 Å². The number of aldehydes is 1. The molecule has 4 heteroatoms. The molecule has 1 unspecified atom stereocenters. The number of carbonyl (C=O) groups is 1. The molecule has 2 aromatic carbocycles. The first-order valence-electron chi connectivity index (χ1n) is 5.04. The standard InChI is InChI=1S/C13H11NO2S/c14-17(16,12-6-2-1-3-7-12)13-8-4-5-11(9-13)10-15/h1-10,14H. The van der Waals surface area contributed by atoms with E-state index in [1.165, 1.54) is 6.07 Å². The zero-order chi connectivity index (χ0) is 12.3. The van der Waals surface area contributed by atoms with Crippen molar-refractivity contribution in [2.24, 2.45) is 0 Å². The van der Waals surface area contributed by atoms with E-state index in [9.17, 15) is 9.00 Å². The molecule has 0 spiro atoms. The summed E-state index contributed by atoms with van der Waals surface area (Å²) in [6, 6.07) is 15.0. The van der Waals surface area contributed by atoms with Gasteiger partial charge in [-0.05, 0) is 24.3 Å². The van der Waals surface area contributed by atoms with Gasteiger partial charge >= 0.3 is 0 Å². The van der Waals surface area contributed by atoms with Gasteiger partial charge in [-0.1, -0.05) is 30.3 Å². The van der Waals surface area contributed by atoms with Crippen LogP contribution in [0.1, 0.15) is 10.4 Å². The molecular formula is C13H11NO2S. The molecule has 0 heterocycles. The molecule has 0 saturated carbocycles. The van der Waals surface area contributed by atoms with E-state index in [0.29, 0.717) is 21.6 Å². The molecule has 3 nitrogen and oxygen atoms in total. The molecule has 0 aromatic heterocycles. The van der Waals surface area contributed by atoms with Crippen molar-refractivity contribution in [3.63, 3.8) is 0 Å². The third-order valence-corrected chi connectivity index (χ3v) is 4.26. The Hall–Kier alpha value is -1.94. The van der Waals surface area contributed by atoms with Crippen molar-refractivity contribution in [2.45, 2.75) is 9.79 Å². The third kappa shape index (κ3) is 2.26. The van der Waals surface area contributed by atoms with Crippen molar-refractivity contribution < 1.29 is 9.00 Å². The lowest BCUT2D eigenvalue weighted by Crippen LogP contribution is -2.00. The lowest BCUT2D eigenvalue weighted by molar-refractivity contribution is 0.112. The predicted molar refractivity (Wildman–Crippen MR) is 65.7 cm³/mol. The average molecular weight is 245 g/mol. The number of carbonyl (C=O) groups excluding carboxylic acids is 1. The second kappa shape index (κ2) is 4.51. The molecule has 0 aliphatic rings. The molecule has 0 radical (unpaired) electrons. The van der Waals surface area contributed by atoms with Crippen molar-refractivity contribution in [3.05, 3.63) is 60.2 Å². The second-order valence-corrected chi connectivity index (χ2v) is 5.61. The molecule has 0 bridgehead atoms. The molecule has 86 valence electrons.